The van der Waals surface area contributed by atoms with E-state index in [4.69, 9.17) is 4.74 Å². The third-order valence-corrected chi connectivity index (χ3v) is 7.18. The number of benzene rings is 1. The van der Waals surface area contributed by atoms with Crippen LogP contribution in [0.3, 0.4) is 0 Å². The van der Waals surface area contributed by atoms with Crippen molar-refractivity contribution < 1.29 is 23.9 Å². The van der Waals surface area contributed by atoms with Crippen LogP contribution in [0.25, 0.3) is 0 Å². The Morgan fingerprint density at radius 2 is 1.83 bits per heavy atom. The number of rotatable bonds is 4. The van der Waals surface area contributed by atoms with E-state index >= 15 is 0 Å². The lowest BCUT2D eigenvalue weighted by atomic mass is 9.75. The Labute approximate surface area is 207 Å². The number of hydrogen-bond donors (Lipinski definition) is 3. The van der Waals surface area contributed by atoms with Crippen molar-refractivity contribution in [2.45, 2.75) is 83.2 Å². The lowest BCUT2D eigenvalue weighted by Gasteiger charge is -2.30. The van der Waals surface area contributed by atoms with Crippen LogP contribution in [0.15, 0.2) is 30.3 Å². The molecule has 2 heterocycles. The second-order valence-corrected chi connectivity index (χ2v) is 10.4. The maximum Gasteiger partial charge on any atom is 0.407 e. The summed E-state index contributed by atoms with van der Waals surface area (Å²) in [6, 6.07) is 8.36. The van der Waals surface area contributed by atoms with Gasteiger partial charge in [-0.05, 0) is 43.6 Å². The highest BCUT2D eigenvalue weighted by Crippen LogP contribution is 2.38. The van der Waals surface area contributed by atoms with Crippen molar-refractivity contribution in [1.29, 1.82) is 0 Å². The molecular weight excluding hydrogens is 446 g/mol. The van der Waals surface area contributed by atoms with Crippen molar-refractivity contribution in [2.75, 3.05) is 13.2 Å². The first-order valence-corrected chi connectivity index (χ1v) is 12.8. The van der Waals surface area contributed by atoms with Crippen LogP contribution in [0.4, 0.5) is 4.79 Å². The number of carbonyl (C=O) groups excluding carboxylic acids is 4. The first-order valence-electron chi connectivity index (χ1n) is 12.8. The van der Waals surface area contributed by atoms with E-state index in [-0.39, 0.29) is 30.8 Å². The van der Waals surface area contributed by atoms with Crippen molar-refractivity contribution in [1.82, 2.24) is 16.0 Å². The van der Waals surface area contributed by atoms with E-state index in [1.807, 2.05) is 44.2 Å². The number of hydrogen-bond acceptors (Lipinski definition) is 5. The minimum absolute atomic E-state index is 0.0395. The van der Waals surface area contributed by atoms with Crippen LogP contribution in [0.2, 0.25) is 0 Å². The molecule has 3 N–H and O–H groups in total. The second kappa shape index (κ2) is 12.7. The Morgan fingerprint density at radius 3 is 2.49 bits per heavy atom. The van der Waals surface area contributed by atoms with Gasteiger partial charge >= 0.3 is 6.09 Å². The number of amides is 3. The summed E-state index contributed by atoms with van der Waals surface area (Å²) in [5.41, 5.74) is 0.452. The third kappa shape index (κ3) is 7.54. The summed E-state index contributed by atoms with van der Waals surface area (Å²) in [4.78, 5) is 50.4. The summed E-state index contributed by atoms with van der Waals surface area (Å²) in [7, 11) is 0. The van der Waals surface area contributed by atoms with Crippen molar-refractivity contribution >= 4 is 24.2 Å². The van der Waals surface area contributed by atoms with Crippen molar-refractivity contribution in [2.24, 2.45) is 11.3 Å². The molecule has 1 aromatic rings. The van der Waals surface area contributed by atoms with E-state index in [1.165, 1.54) is 0 Å². The van der Waals surface area contributed by atoms with Crippen LogP contribution < -0.4 is 16.0 Å². The molecule has 3 rings (SSSR count). The van der Waals surface area contributed by atoms with Crippen molar-refractivity contribution in [3.05, 3.63) is 35.9 Å². The molecule has 1 spiro atoms. The summed E-state index contributed by atoms with van der Waals surface area (Å²) in [5, 5.41) is 8.39. The molecule has 0 aliphatic carbocycles. The number of nitrogens with one attached hydrogen (secondary N) is 3. The first-order chi connectivity index (χ1) is 16.8. The van der Waals surface area contributed by atoms with Gasteiger partial charge in [0, 0.05) is 12.5 Å². The summed E-state index contributed by atoms with van der Waals surface area (Å²) in [6.45, 7) is 4.71. The highest BCUT2D eigenvalue weighted by atomic mass is 16.5. The molecule has 3 amide bonds. The normalized spacial score (nSPS) is 29.2. The van der Waals surface area contributed by atoms with Crippen LogP contribution in [0.5, 0.6) is 0 Å². The molecule has 2 aliphatic rings. The highest BCUT2D eigenvalue weighted by Gasteiger charge is 2.43. The molecule has 0 saturated carbocycles. The molecule has 192 valence electrons. The zero-order valence-electron chi connectivity index (χ0n) is 20.9. The van der Waals surface area contributed by atoms with Gasteiger partial charge in [0.15, 0.2) is 0 Å². The van der Waals surface area contributed by atoms with E-state index in [0.29, 0.717) is 32.1 Å². The summed E-state index contributed by atoms with van der Waals surface area (Å²) < 4.78 is 5.56. The zero-order valence-corrected chi connectivity index (χ0v) is 20.9. The molecule has 8 heteroatoms. The smallest absolute Gasteiger partial charge is 0.407 e. The zero-order chi connectivity index (χ0) is 25.3. The molecule has 2 unspecified atom stereocenters. The van der Waals surface area contributed by atoms with Gasteiger partial charge in [-0.15, -0.1) is 0 Å². The standard InChI is InChI=1S/C27H39N3O5/c1-19(2)15-23-24(32)29-22(17-31)16-27(13-14-28-25(27)33)12-8-4-7-11-21(18-35-26(34)30-23)20-9-5-3-6-10-20/h3,5-6,9-10,17,19,21-23H,4,7-8,11-16,18H2,1-2H3,(H,28,33)(H,29,32)(H,30,34)/t21?,22-,23-,27?/m0/s1. The molecule has 4 atom stereocenters. The maximum atomic E-state index is 13.1. The predicted molar refractivity (Wildman–Crippen MR) is 133 cm³/mol. The topological polar surface area (TPSA) is 114 Å². The van der Waals surface area contributed by atoms with E-state index in [9.17, 15) is 19.2 Å². The largest absolute Gasteiger partial charge is 0.449 e. The van der Waals surface area contributed by atoms with Gasteiger partial charge in [0.1, 0.15) is 18.9 Å². The van der Waals surface area contributed by atoms with Crippen LogP contribution in [-0.2, 0) is 19.1 Å². The molecule has 8 nitrogen and oxygen atoms in total. The molecule has 0 bridgehead atoms. The Bertz CT molecular complexity index is 875. The van der Waals surface area contributed by atoms with Crippen LogP contribution in [0, 0.1) is 11.3 Å². The third-order valence-electron chi connectivity index (χ3n) is 7.18. The molecule has 2 fully saturated rings. The van der Waals surface area contributed by atoms with Crippen LogP contribution >= 0.6 is 0 Å². The van der Waals surface area contributed by atoms with Gasteiger partial charge in [-0.3, -0.25) is 9.59 Å². The van der Waals surface area contributed by atoms with Crippen molar-refractivity contribution in [3.63, 3.8) is 0 Å². The minimum Gasteiger partial charge on any atom is -0.449 e. The van der Waals surface area contributed by atoms with Gasteiger partial charge in [-0.25, -0.2) is 4.79 Å². The SMILES string of the molecule is CC(C)C[C@@H]1NC(=O)OCC(c2ccccc2)CCCCCC2(CCNC2=O)C[C@@H](C=O)NC1=O. The molecular formula is C27H39N3O5. The number of ether oxygens (including phenoxy) is 1. The van der Waals surface area contributed by atoms with Gasteiger partial charge in [0.05, 0.1) is 11.5 Å². The minimum atomic E-state index is -0.832. The van der Waals surface area contributed by atoms with E-state index < -0.39 is 29.5 Å². The van der Waals surface area contributed by atoms with Crippen molar-refractivity contribution in [3.8, 4) is 0 Å². The summed E-state index contributed by atoms with van der Waals surface area (Å²) in [5.74, 6) is -0.291. The average Bonchev–Trinajstić information content (AvgIpc) is 3.19. The van der Waals surface area contributed by atoms with Gasteiger partial charge in [0.25, 0.3) is 0 Å². The fourth-order valence-corrected chi connectivity index (χ4v) is 5.25. The number of carbonyl (C=O) groups is 4. The summed E-state index contributed by atoms with van der Waals surface area (Å²) >= 11 is 0. The second-order valence-electron chi connectivity index (χ2n) is 10.4. The lowest BCUT2D eigenvalue weighted by Crippen LogP contribution is -2.52. The number of aldehydes is 1. The molecule has 2 saturated heterocycles. The van der Waals surface area contributed by atoms with Gasteiger partial charge < -0.3 is 25.5 Å². The van der Waals surface area contributed by atoms with E-state index in [2.05, 4.69) is 16.0 Å². The fourth-order valence-electron chi connectivity index (χ4n) is 5.25. The van der Waals surface area contributed by atoms with Gasteiger partial charge in [-0.2, -0.15) is 0 Å². The molecule has 0 aromatic heterocycles. The Hall–Kier alpha value is -2.90. The Kier molecular flexibility index (Phi) is 9.69. The summed E-state index contributed by atoms with van der Waals surface area (Å²) in [6.07, 6.45) is 5.62. The maximum absolute atomic E-state index is 13.1. The quantitative estimate of drug-likeness (QED) is 0.565. The monoisotopic (exact) mass is 485 g/mol. The van der Waals surface area contributed by atoms with Crippen LogP contribution in [-0.4, -0.2) is 49.4 Å². The number of cyclic esters (lactones) is 1. The van der Waals surface area contributed by atoms with E-state index in [0.717, 1.165) is 31.2 Å². The Balaban J connectivity index is 1.82. The van der Waals surface area contributed by atoms with Gasteiger partial charge in [-0.1, -0.05) is 63.4 Å². The molecule has 1 aromatic carbocycles. The highest BCUT2D eigenvalue weighted by molar-refractivity contribution is 5.88. The molecule has 0 radical (unpaired) electrons. The number of alkyl carbamates (subject to hydrolysis) is 1. The lowest BCUT2D eigenvalue weighted by molar-refractivity contribution is -0.131. The fraction of sp³-hybridized carbons (Fsp3) is 0.630. The molecule has 2 aliphatic heterocycles. The molecule has 35 heavy (non-hydrogen) atoms. The van der Waals surface area contributed by atoms with E-state index in [1.54, 1.807) is 0 Å². The average molecular weight is 486 g/mol. The van der Waals surface area contributed by atoms with Gasteiger partial charge in [0.2, 0.25) is 11.8 Å². The first kappa shape index (κ1) is 26.7. The predicted octanol–water partition coefficient (Wildman–Crippen LogP) is 3.46. The van der Waals surface area contributed by atoms with Crippen LogP contribution in [0.1, 0.15) is 76.7 Å². The Morgan fingerprint density at radius 1 is 1.06 bits per heavy atom.